The Labute approximate surface area is 337 Å². The average molecular weight is 758 g/mol. The lowest BCUT2D eigenvalue weighted by Crippen LogP contribution is -2.18. The molecular formula is C53H47N3S. The lowest BCUT2D eigenvalue weighted by atomic mass is 9.81. The van der Waals surface area contributed by atoms with E-state index in [1.807, 2.05) is 0 Å². The smallest absolute Gasteiger partial charge is 0.0733 e. The van der Waals surface area contributed by atoms with Crippen molar-refractivity contribution in [3.8, 4) is 11.1 Å². The summed E-state index contributed by atoms with van der Waals surface area (Å²) in [7, 11) is 1.37. The van der Waals surface area contributed by atoms with Gasteiger partial charge in [0.05, 0.1) is 16.9 Å². The third-order valence-corrected chi connectivity index (χ3v) is 13.8. The lowest BCUT2D eigenvalue weighted by Gasteiger charge is -2.31. The molecule has 0 saturated heterocycles. The number of hydrogen-bond acceptors (Lipinski definition) is 2. The van der Waals surface area contributed by atoms with E-state index in [1.54, 1.807) is 0 Å². The molecule has 0 unspecified atom stereocenters. The van der Waals surface area contributed by atoms with Crippen molar-refractivity contribution in [2.75, 3.05) is 28.6 Å². The van der Waals surface area contributed by atoms with Crippen LogP contribution in [0.25, 0.3) is 43.7 Å². The van der Waals surface area contributed by atoms with Gasteiger partial charge in [-0.05, 0) is 130 Å². The van der Waals surface area contributed by atoms with Gasteiger partial charge in [-0.15, -0.1) is 0 Å². The third-order valence-electron chi connectivity index (χ3n) is 12.1. The van der Waals surface area contributed by atoms with Crippen molar-refractivity contribution in [3.05, 3.63) is 187 Å². The van der Waals surface area contributed by atoms with Gasteiger partial charge in [0, 0.05) is 56.9 Å². The molecule has 1 aliphatic rings. The lowest BCUT2D eigenvalue weighted by molar-refractivity contribution is 0.661. The van der Waals surface area contributed by atoms with Gasteiger partial charge in [-0.3, -0.25) is 0 Å². The molecule has 4 heteroatoms. The SMILES string of the molecule is Cn1c2ccccc2c2cccc(N(c3ccccc3)c3cc4c(c5ccccc35)-c3ccc(N(c5ccccc5)c5ccc(S(C)(C)C)cc5)cc3C4(C)C)c21. The van der Waals surface area contributed by atoms with Gasteiger partial charge in [0.25, 0.3) is 0 Å². The van der Waals surface area contributed by atoms with Gasteiger partial charge in [0.1, 0.15) is 0 Å². The molecule has 0 fully saturated rings. The maximum absolute atomic E-state index is 2.49. The minimum atomic E-state index is -0.835. The summed E-state index contributed by atoms with van der Waals surface area (Å²) in [5.41, 5.74) is 14.5. The van der Waals surface area contributed by atoms with Crippen LogP contribution in [0.4, 0.5) is 34.1 Å². The Morgan fingerprint density at radius 3 is 1.70 bits per heavy atom. The number of benzene rings is 8. The molecular weight excluding hydrogens is 711 g/mol. The zero-order valence-electron chi connectivity index (χ0n) is 33.5. The van der Waals surface area contributed by atoms with Gasteiger partial charge < -0.3 is 14.4 Å². The van der Waals surface area contributed by atoms with E-state index in [2.05, 4.69) is 230 Å². The fraction of sp³-hybridized carbons (Fsp3) is 0.132. The normalized spacial score (nSPS) is 13.5. The number of nitrogens with zero attached hydrogens (tertiary/aromatic N) is 3. The molecule has 9 aromatic rings. The maximum atomic E-state index is 2.49. The van der Waals surface area contributed by atoms with Crippen molar-refractivity contribution in [2.45, 2.75) is 24.2 Å². The van der Waals surface area contributed by atoms with Crippen LogP contribution in [0.2, 0.25) is 0 Å². The molecule has 0 spiro atoms. The number of anilines is 6. The minimum absolute atomic E-state index is 0.269. The Morgan fingerprint density at radius 2 is 1.02 bits per heavy atom. The third kappa shape index (κ3) is 5.57. The summed E-state index contributed by atoms with van der Waals surface area (Å²) in [6.45, 7) is 4.82. The summed E-state index contributed by atoms with van der Waals surface area (Å²) >= 11 is 0. The first-order chi connectivity index (χ1) is 27.6. The number of aromatic nitrogens is 1. The Bertz CT molecular complexity index is 2970. The first-order valence-electron chi connectivity index (χ1n) is 19.8. The first-order valence-corrected chi connectivity index (χ1v) is 22.6. The van der Waals surface area contributed by atoms with Crippen molar-refractivity contribution in [1.82, 2.24) is 4.57 Å². The predicted molar refractivity (Wildman–Crippen MR) is 248 cm³/mol. The predicted octanol–water partition coefficient (Wildman–Crippen LogP) is 14.8. The number of fused-ring (bicyclic) bond motifs is 8. The second-order valence-corrected chi connectivity index (χ2v) is 20.8. The molecule has 57 heavy (non-hydrogen) atoms. The highest BCUT2D eigenvalue weighted by Crippen LogP contribution is 2.56. The summed E-state index contributed by atoms with van der Waals surface area (Å²) in [6, 6.07) is 65.1. The fourth-order valence-electron chi connectivity index (χ4n) is 9.28. The molecule has 1 heterocycles. The number of aryl methyl sites for hydroxylation is 1. The van der Waals surface area contributed by atoms with Crippen molar-refractivity contribution in [3.63, 3.8) is 0 Å². The molecule has 1 aromatic heterocycles. The van der Waals surface area contributed by atoms with Crippen LogP contribution >= 0.6 is 10.0 Å². The van der Waals surface area contributed by atoms with Crippen LogP contribution in [0.15, 0.2) is 181 Å². The summed E-state index contributed by atoms with van der Waals surface area (Å²) in [5, 5.41) is 5.03. The molecule has 0 aliphatic heterocycles. The maximum Gasteiger partial charge on any atom is 0.0733 e. The first kappa shape index (κ1) is 35.2. The van der Waals surface area contributed by atoms with Crippen LogP contribution < -0.4 is 9.80 Å². The Kier molecular flexibility index (Phi) is 8.14. The van der Waals surface area contributed by atoms with Crippen LogP contribution in [0.5, 0.6) is 0 Å². The quantitative estimate of drug-likeness (QED) is 0.160. The minimum Gasteiger partial charge on any atom is -0.342 e. The zero-order chi connectivity index (χ0) is 39.1. The highest BCUT2D eigenvalue weighted by Gasteiger charge is 2.39. The molecule has 1 aliphatic carbocycles. The highest BCUT2D eigenvalue weighted by molar-refractivity contribution is 8.32. The molecule has 0 bridgehead atoms. The summed E-state index contributed by atoms with van der Waals surface area (Å²) in [6.07, 6.45) is 7.07. The van der Waals surface area contributed by atoms with Gasteiger partial charge in [0.2, 0.25) is 0 Å². The summed E-state index contributed by atoms with van der Waals surface area (Å²) < 4.78 is 2.36. The van der Waals surface area contributed by atoms with Crippen LogP contribution in [-0.4, -0.2) is 23.3 Å². The fourth-order valence-corrected chi connectivity index (χ4v) is 10.2. The van der Waals surface area contributed by atoms with Crippen LogP contribution in [0, 0.1) is 0 Å². The summed E-state index contributed by atoms with van der Waals surface area (Å²) in [4.78, 5) is 6.31. The van der Waals surface area contributed by atoms with Gasteiger partial charge >= 0.3 is 0 Å². The molecule has 0 radical (unpaired) electrons. The second-order valence-electron chi connectivity index (χ2n) is 16.6. The van der Waals surface area contributed by atoms with Crippen LogP contribution in [0.1, 0.15) is 25.0 Å². The van der Waals surface area contributed by atoms with Gasteiger partial charge in [-0.2, -0.15) is 0 Å². The Balaban J connectivity index is 1.19. The monoisotopic (exact) mass is 757 g/mol. The molecule has 10 rings (SSSR count). The van der Waals surface area contributed by atoms with E-state index in [-0.39, 0.29) is 5.41 Å². The second kappa shape index (κ2) is 13.2. The van der Waals surface area contributed by atoms with Gasteiger partial charge in [-0.25, -0.2) is 10.0 Å². The average Bonchev–Trinajstić information content (AvgIpc) is 3.65. The molecule has 280 valence electrons. The largest absolute Gasteiger partial charge is 0.342 e. The molecule has 0 amide bonds. The molecule has 0 N–H and O–H groups in total. The topological polar surface area (TPSA) is 11.4 Å². The van der Waals surface area contributed by atoms with Crippen LogP contribution in [-0.2, 0) is 12.5 Å². The van der Waals surface area contributed by atoms with E-state index in [0.717, 1.165) is 28.4 Å². The molecule has 0 saturated carbocycles. The van der Waals surface area contributed by atoms with Crippen molar-refractivity contribution in [2.24, 2.45) is 7.05 Å². The van der Waals surface area contributed by atoms with Gasteiger partial charge in [-0.1, -0.05) is 111 Å². The van der Waals surface area contributed by atoms with E-state index in [1.165, 1.54) is 65.4 Å². The summed E-state index contributed by atoms with van der Waals surface area (Å²) in [5.74, 6) is 0. The van der Waals surface area contributed by atoms with Gasteiger partial charge in [0.15, 0.2) is 0 Å². The molecule has 0 atom stereocenters. The van der Waals surface area contributed by atoms with Crippen molar-refractivity contribution in [1.29, 1.82) is 0 Å². The van der Waals surface area contributed by atoms with Crippen LogP contribution in [0.3, 0.4) is 0 Å². The molecule has 8 aromatic carbocycles. The van der Waals surface area contributed by atoms with E-state index >= 15 is 0 Å². The number of para-hydroxylation sites is 4. The molecule has 3 nitrogen and oxygen atoms in total. The van der Waals surface area contributed by atoms with E-state index in [4.69, 9.17) is 0 Å². The Morgan fingerprint density at radius 1 is 0.456 bits per heavy atom. The number of rotatable bonds is 7. The standard InChI is InChI=1S/C53H47N3S/c1-53(2)46-34-39(55(36-18-9-7-10-19-36)38-28-31-40(32-29-38)57(4,5)6)30-33-45(46)51-43-24-14-13-22-41(43)50(35-47(51)53)56(37-20-11-8-12-21-37)49-27-17-25-44-42-23-15-16-26-48(42)54(3)52(44)49/h7-35H,1-6H3. The van der Waals surface area contributed by atoms with Crippen molar-refractivity contribution < 1.29 is 0 Å². The van der Waals surface area contributed by atoms with E-state index in [9.17, 15) is 0 Å². The Hall–Kier alpha value is -6.23. The zero-order valence-corrected chi connectivity index (χ0v) is 34.3. The highest BCUT2D eigenvalue weighted by atomic mass is 32.3. The number of hydrogen-bond donors (Lipinski definition) is 0. The van der Waals surface area contributed by atoms with Crippen molar-refractivity contribution >= 4 is 76.7 Å². The van der Waals surface area contributed by atoms with E-state index in [0.29, 0.717) is 0 Å². The van der Waals surface area contributed by atoms with E-state index < -0.39 is 10.0 Å².